The molecular formula is C9H22N2O4S. The summed E-state index contributed by atoms with van der Waals surface area (Å²) in [6.07, 6.45) is 0.489. The Morgan fingerprint density at radius 2 is 1.94 bits per heavy atom. The molecule has 7 heteroatoms. The molecule has 0 amide bonds. The van der Waals surface area contributed by atoms with E-state index in [0.29, 0.717) is 19.6 Å². The molecule has 1 unspecified atom stereocenters. The molecule has 0 radical (unpaired) electrons. The first-order valence-corrected chi connectivity index (χ1v) is 6.72. The number of hydrogen-bond acceptors (Lipinski definition) is 5. The van der Waals surface area contributed by atoms with Crippen molar-refractivity contribution in [3.05, 3.63) is 0 Å². The average molecular weight is 254 g/mol. The van der Waals surface area contributed by atoms with Crippen molar-refractivity contribution in [3.8, 4) is 0 Å². The third-order valence-electron chi connectivity index (χ3n) is 2.10. The van der Waals surface area contributed by atoms with E-state index < -0.39 is 10.0 Å². The predicted octanol–water partition coefficient (Wildman–Crippen LogP) is -0.742. The van der Waals surface area contributed by atoms with E-state index in [9.17, 15) is 8.42 Å². The molecule has 0 saturated carbocycles. The third-order valence-corrected chi connectivity index (χ3v) is 4.00. The number of nitrogens with zero attached hydrogens (tertiary/aromatic N) is 1. The molecule has 0 spiro atoms. The van der Waals surface area contributed by atoms with Crippen molar-refractivity contribution in [1.82, 2.24) is 4.31 Å². The van der Waals surface area contributed by atoms with Crippen LogP contribution in [0, 0.1) is 0 Å². The van der Waals surface area contributed by atoms with E-state index in [1.165, 1.54) is 18.5 Å². The van der Waals surface area contributed by atoms with E-state index in [1.54, 1.807) is 7.11 Å². The summed E-state index contributed by atoms with van der Waals surface area (Å²) in [5.74, 6) is 0.0804. The van der Waals surface area contributed by atoms with Crippen LogP contribution in [0.25, 0.3) is 0 Å². The first-order valence-electron chi connectivity index (χ1n) is 5.11. The SMILES string of the molecule is COCCCS(=O)(=O)N(C)CC(N)COC. The number of sulfonamides is 1. The summed E-state index contributed by atoms with van der Waals surface area (Å²) in [7, 11) is 1.38. The van der Waals surface area contributed by atoms with Crippen LogP contribution in [-0.2, 0) is 19.5 Å². The number of ether oxygens (including phenoxy) is 2. The van der Waals surface area contributed by atoms with Crippen LogP contribution in [0.15, 0.2) is 0 Å². The summed E-state index contributed by atoms with van der Waals surface area (Å²) in [5.41, 5.74) is 5.68. The first kappa shape index (κ1) is 15.8. The van der Waals surface area contributed by atoms with Crippen molar-refractivity contribution in [1.29, 1.82) is 0 Å². The van der Waals surface area contributed by atoms with E-state index in [4.69, 9.17) is 15.2 Å². The summed E-state index contributed by atoms with van der Waals surface area (Å²) in [4.78, 5) is 0. The lowest BCUT2D eigenvalue weighted by atomic mass is 10.3. The van der Waals surface area contributed by atoms with Gasteiger partial charge in [0, 0.05) is 40.5 Å². The molecule has 16 heavy (non-hydrogen) atoms. The second-order valence-electron chi connectivity index (χ2n) is 3.66. The molecule has 0 aliphatic rings. The molecule has 0 heterocycles. The minimum atomic E-state index is -3.23. The highest BCUT2D eigenvalue weighted by molar-refractivity contribution is 7.89. The Morgan fingerprint density at radius 3 is 2.44 bits per heavy atom. The monoisotopic (exact) mass is 254 g/mol. The standard InChI is InChI=1S/C9H22N2O4S/c1-11(7-9(10)8-15-3)16(12,13)6-4-5-14-2/h9H,4-8,10H2,1-3H3. The van der Waals surface area contributed by atoms with Crippen molar-refractivity contribution in [3.63, 3.8) is 0 Å². The Hall–Kier alpha value is -0.210. The normalized spacial score (nSPS) is 14.3. The fraction of sp³-hybridized carbons (Fsp3) is 1.00. The van der Waals surface area contributed by atoms with Gasteiger partial charge in [0.2, 0.25) is 10.0 Å². The number of rotatable bonds is 9. The minimum absolute atomic E-state index is 0.0804. The molecule has 0 aliphatic carbocycles. The van der Waals surface area contributed by atoms with Crippen LogP contribution in [-0.4, -0.2) is 65.5 Å². The topological polar surface area (TPSA) is 81.9 Å². The molecule has 1 atom stereocenters. The van der Waals surface area contributed by atoms with Gasteiger partial charge < -0.3 is 15.2 Å². The van der Waals surface area contributed by atoms with Crippen molar-refractivity contribution >= 4 is 10.0 Å². The zero-order valence-electron chi connectivity index (χ0n) is 10.2. The number of nitrogens with two attached hydrogens (primary N) is 1. The van der Waals surface area contributed by atoms with Gasteiger partial charge in [-0.25, -0.2) is 12.7 Å². The molecule has 0 fully saturated rings. The highest BCUT2D eigenvalue weighted by Gasteiger charge is 2.19. The maximum Gasteiger partial charge on any atom is 0.213 e. The molecule has 0 aromatic heterocycles. The van der Waals surface area contributed by atoms with Gasteiger partial charge in [-0.15, -0.1) is 0 Å². The Morgan fingerprint density at radius 1 is 1.31 bits per heavy atom. The molecule has 0 aliphatic heterocycles. The van der Waals surface area contributed by atoms with Crippen LogP contribution in [0.2, 0.25) is 0 Å². The molecule has 0 aromatic carbocycles. The number of methoxy groups -OCH3 is 2. The largest absolute Gasteiger partial charge is 0.385 e. The summed E-state index contributed by atoms with van der Waals surface area (Å²) < 4.78 is 34.4. The van der Waals surface area contributed by atoms with Gasteiger partial charge in [-0.2, -0.15) is 0 Å². The van der Waals surface area contributed by atoms with Gasteiger partial charge >= 0.3 is 0 Å². The molecule has 0 saturated heterocycles. The Bertz CT molecular complexity index is 269. The van der Waals surface area contributed by atoms with Crippen molar-refractivity contribution in [2.75, 3.05) is 46.8 Å². The smallest absolute Gasteiger partial charge is 0.213 e. The molecule has 0 rings (SSSR count). The Balaban J connectivity index is 4.08. The molecular weight excluding hydrogens is 232 g/mol. The predicted molar refractivity (Wildman–Crippen MR) is 62.8 cm³/mol. The van der Waals surface area contributed by atoms with Gasteiger partial charge in [0.15, 0.2) is 0 Å². The van der Waals surface area contributed by atoms with Crippen molar-refractivity contribution < 1.29 is 17.9 Å². The summed E-state index contributed by atoms with van der Waals surface area (Å²) in [5, 5.41) is 0. The zero-order valence-corrected chi connectivity index (χ0v) is 11.0. The second-order valence-corrected chi connectivity index (χ2v) is 5.85. The summed E-state index contributed by atoms with van der Waals surface area (Å²) in [6.45, 7) is 1.05. The van der Waals surface area contributed by atoms with E-state index >= 15 is 0 Å². The third kappa shape index (κ3) is 6.39. The van der Waals surface area contributed by atoms with E-state index in [0.717, 1.165) is 0 Å². The quantitative estimate of drug-likeness (QED) is 0.548. The maximum atomic E-state index is 11.7. The Labute approximate surface area is 97.7 Å². The number of likely N-dealkylation sites (N-methyl/N-ethyl adjacent to an activating group) is 1. The van der Waals surface area contributed by atoms with Gasteiger partial charge in [0.25, 0.3) is 0 Å². The van der Waals surface area contributed by atoms with Crippen LogP contribution < -0.4 is 5.73 Å². The number of hydrogen-bond donors (Lipinski definition) is 1. The molecule has 2 N–H and O–H groups in total. The van der Waals surface area contributed by atoms with Crippen LogP contribution in [0.3, 0.4) is 0 Å². The van der Waals surface area contributed by atoms with Gasteiger partial charge in [-0.05, 0) is 6.42 Å². The van der Waals surface area contributed by atoms with Crippen LogP contribution in [0.5, 0.6) is 0 Å². The zero-order chi connectivity index (χ0) is 12.6. The summed E-state index contributed by atoms with van der Waals surface area (Å²) >= 11 is 0. The van der Waals surface area contributed by atoms with E-state index in [1.807, 2.05) is 0 Å². The lowest BCUT2D eigenvalue weighted by molar-refractivity contribution is 0.173. The lowest BCUT2D eigenvalue weighted by Gasteiger charge is -2.20. The maximum absolute atomic E-state index is 11.7. The molecule has 0 bridgehead atoms. The highest BCUT2D eigenvalue weighted by atomic mass is 32.2. The van der Waals surface area contributed by atoms with Gasteiger partial charge in [0.1, 0.15) is 0 Å². The average Bonchev–Trinajstić information content (AvgIpc) is 2.18. The van der Waals surface area contributed by atoms with Crippen LogP contribution in [0.1, 0.15) is 6.42 Å². The van der Waals surface area contributed by atoms with Gasteiger partial charge in [-0.1, -0.05) is 0 Å². The molecule has 0 aromatic rings. The molecule has 6 nitrogen and oxygen atoms in total. The first-order chi connectivity index (χ1) is 7.44. The Kier molecular flexibility index (Phi) is 7.86. The summed E-state index contributed by atoms with van der Waals surface area (Å²) in [6, 6.07) is -0.299. The fourth-order valence-electron chi connectivity index (χ4n) is 1.25. The second kappa shape index (κ2) is 7.97. The van der Waals surface area contributed by atoms with E-state index in [2.05, 4.69) is 0 Å². The van der Waals surface area contributed by atoms with Crippen LogP contribution >= 0.6 is 0 Å². The minimum Gasteiger partial charge on any atom is -0.385 e. The van der Waals surface area contributed by atoms with E-state index in [-0.39, 0.29) is 18.3 Å². The van der Waals surface area contributed by atoms with Crippen molar-refractivity contribution in [2.24, 2.45) is 5.73 Å². The lowest BCUT2D eigenvalue weighted by Crippen LogP contribution is -2.42. The molecule has 98 valence electrons. The van der Waals surface area contributed by atoms with Gasteiger partial charge in [0.05, 0.1) is 12.4 Å². The van der Waals surface area contributed by atoms with Gasteiger partial charge in [-0.3, -0.25) is 0 Å². The van der Waals surface area contributed by atoms with Crippen molar-refractivity contribution in [2.45, 2.75) is 12.5 Å². The fourth-order valence-corrected chi connectivity index (χ4v) is 2.47. The highest BCUT2D eigenvalue weighted by Crippen LogP contribution is 2.01. The van der Waals surface area contributed by atoms with Crippen LogP contribution in [0.4, 0.5) is 0 Å².